The molecule has 2 aromatic rings. The monoisotopic (exact) mass is 361 g/mol. The van der Waals surface area contributed by atoms with Crippen LogP contribution in [0.25, 0.3) is 0 Å². The summed E-state index contributed by atoms with van der Waals surface area (Å²) in [6, 6.07) is 14.0. The predicted molar refractivity (Wildman–Crippen MR) is 99.4 cm³/mol. The maximum absolute atomic E-state index is 12.2. The van der Waals surface area contributed by atoms with Crippen molar-refractivity contribution >= 4 is 28.9 Å². The van der Waals surface area contributed by atoms with Gasteiger partial charge in [-0.2, -0.15) is 0 Å². The molecule has 0 saturated heterocycles. The number of nitrogens with one attached hydrogen (secondary N) is 1. The Labute approximate surface area is 151 Å². The van der Waals surface area contributed by atoms with Gasteiger partial charge in [0.05, 0.1) is 4.92 Å². The van der Waals surface area contributed by atoms with Gasteiger partial charge in [0, 0.05) is 36.4 Å². The van der Waals surface area contributed by atoms with Gasteiger partial charge in [-0.05, 0) is 37.6 Å². The zero-order valence-corrected chi connectivity index (χ0v) is 14.7. The van der Waals surface area contributed by atoms with Gasteiger partial charge in [0.15, 0.2) is 0 Å². The molecule has 0 heterocycles. The van der Waals surface area contributed by atoms with Crippen LogP contribution in [0.5, 0.6) is 0 Å². The molecule has 132 valence electrons. The summed E-state index contributed by atoms with van der Waals surface area (Å²) in [5, 5.41) is 14.0. The van der Waals surface area contributed by atoms with Crippen molar-refractivity contribution in [1.82, 2.24) is 5.32 Å². The van der Waals surface area contributed by atoms with Gasteiger partial charge in [0.1, 0.15) is 5.56 Å². The van der Waals surface area contributed by atoms with Gasteiger partial charge in [0.25, 0.3) is 11.6 Å². The summed E-state index contributed by atoms with van der Waals surface area (Å²) in [7, 11) is 0. The van der Waals surface area contributed by atoms with E-state index in [-0.39, 0.29) is 16.3 Å². The van der Waals surface area contributed by atoms with Crippen molar-refractivity contribution in [1.29, 1.82) is 0 Å². The van der Waals surface area contributed by atoms with Crippen LogP contribution in [-0.4, -0.2) is 30.5 Å². The molecule has 0 radical (unpaired) electrons. The molecule has 0 aliphatic carbocycles. The first-order valence-corrected chi connectivity index (χ1v) is 8.43. The molecule has 1 N–H and O–H groups in total. The smallest absolute Gasteiger partial charge is 0.282 e. The van der Waals surface area contributed by atoms with Crippen LogP contribution in [0.3, 0.4) is 0 Å². The van der Waals surface area contributed by atoms with Crippen molar-refractivity contribution < 1.29 is 9.72 Å². The van der Waals surface area contributed by atoms with Crippen molar-refractivity contribution in [2.45, 2.75) is 13.3 Å². The molecule has 0 atom stereocenters. The highest BCUT2D eigenvalue weighted by molar-refractivity contribution is 6.31. The number of para-hydroxylation sites is 1. The van der Waals surface area contributed by atoms with Crippen molar-refractivity contribution in [3.05, 3.63) is 69.2 Å². The zero-order valence-electron chi connectivity index (χ0n) is 13.9. The number of hydrogen-bond acceptors (Lipinski definition) is 4. The molecule has 25 heavy (non-hydrogen) atoms. The van der Waals surface area contributed by atoms with E-state index in [9.17, 15) is 14.9 Å². The fourth-order valence-corrected chi connectivity index (χ4v) is 2.70. The van der Waals surface area contributed by atoms with E-state index in [4.69, 9.17) is 11.6 Å². The Morgan fingerprint density at radius 2 is 1.96 bits per heavy atom. The van der Waals surface area contributed by atoms with E-state index in [0.717, 1.165) is 25.2 Å². The number of halogens is 1. The summed E-state index contributed by atoms with van der Waals surface area (Å²) in [6.45, 7) is 4.13. The minimum absolute atomic E-state index is 0.0205. The van der Waals surface area contributed by atoms with Crippen LogP contribution in [0.1, 0.15) is 23.7 Å². The molecular weight excluding hydrogens is 342 g/mol. The molecule has 6 nitrogen and oxygen atoms in total. The van der Waals surface area contributed by atoms with Gasteiger partial charge in [0.2, 0.25) is 0 Å². The SMILES string of the molecule is CCN(CCCNC(=O)c1cc(Cl)ccc1[N+](=O)[O-])c1ccccc1. The van der Waals surface area contributed by atoms with Crippen LogP contribution < -0.4 is 10.2 Å². The number of nitro groups is 1. The van der Waals surface area contributed by atoms with Crippen molar-refractivity contribution in [2.24, 2.45) is 0 Å². The van der Waals surface area contributed by atoms with Gasteiger partial charge < -0.3 is 10.2 Å². The minimum atomic E-state index is -0.584. The van der Waals surface area contributed by atoms with E-state index >= 15 is 0 Å². The van der Waals surface area contributed by atoms with E-state index in [2.05, 4.69) is 17.1 Å². The van der Waals surface area contributed by atoms with Gasteiger partial charge >= 0.3 is 0 Å². The summed E-state index contributed by atoms with van der Waals surface area (Å²) in [5.41, 5.74) is 0.857. The Bertz CT molecular complexity index is 738. The van der Waals surface area contributed by atoms with E-state index in [0.29, 0.717) is 6.54 Å². The highest BCUT2D eigenvalue weighted by Crippen LogP contribution is 2.22. The molecule has 7 heteroatoms. The van der Waals surface area contributed by atoms with Crippen molar-refractivity contribution in [3.8, 4) is 0 Å². The number of nitro benzene ring substituents is 1. The second-order valence-electron chi connectivity index (χ2n) is 5.44. The normalized spacial score (nSPS) is 10.3. The van der Waals surface area contributed by atoms with E-state index in [1.54, 1.807) is 0 Å². The molecule has 0 aliphatic heterocycles. The zero-order chi connectivity index (χ0) is 18.2. The number of carbonyl (C=O) groups is 1. The van der Waals surface area contributed by atoms with Gasteiger partial charge in [-0.15, -0.1) is 0 Å². The molecule has 0 fully saturated rings. The molecule has 0 spiro atoms. The van der Waals surface area contributed by atoms with Gasteiger partial charge in [-0.1, -0.05) is 29.8 Å². The Hall–Kier alpha value is -2.60. The van der Waals surface area contributed by atoms with E-state index in [1.165, 1.54) is 18.2 Å². The van der Waals surface area contributed by atoms with Crippen LogP contribution in [0, 0.1) is 10.1 Å². The summed E-state index contributed by atoms with van der Waals surface area (Å²) >= 11 is 5.85. The second kappa shape index (κ2) is 9.03. The molecular formula is C18H20ClN3O3. The maximum atomic E-state index is 12.2. The number of benzene rings is 2. The number of nitrogens with zero attached hydrogens (tertiary/aromatic N) is 2. The quantitative estimate of drug-likeness (QED) is 0.439. The molecule has 2 rings (SSSR count). The van der Waals surface area contributed by atoms with Crippen molar-refractivity contribution in [3.63, 3.8) is 0 Å². The molecule has 0 aromatic heterocycles. The largest absolute Gasteiger partial charge is 0.372 e. The fraction of sp³-hybridized carbons (Fsp3) is 0.278. The summed E-state index contributed by atoms with van der Waals surface area (Å²) in [6.07, 6.45) is 0.725. The molecule has 0 saturated carbocycles. The topological polar surface area (TPSA) is 75.5 Å². The fourth-order valence-electron chi connectivity index (χ4n) is 2.53. The van der Waals surface area contributed by atoms with Gasteiger partial charge in [-0.25, -0.2) is 0 Å². The van der Waals surface area contributed by atoms with Crippen LogP contribution in [0.15, 0.2) is 48.5 Å². The van der Waals surface area contributed by atoms with E-state index < -0.39 is 10.8 Å². The third kappa shape index (κ3) is 5.19. The van der Waals surface area contributed by atoms with Crippen molar-refractivity contribution in [2.75, 3.05) is 24.5 Å². The first kappa shape index (κ1) is 18.7. The number of anilines is 1. The Morgan fingerprint density at radius 1 is 1.24 bits per heavy atom. The average molecular weight is 362 g/mol. The summed E-state index contributed by atoms with van der Waals surface area (Å²) in [4.78, 5) is 24.9. The maximum Gasteiger partial charge on any atom is 0.282 e. The number of amides is 1. The lowest BCUT2D eigenvalue weighted by Gasteiger charge is -2.23. The highest BCUT2D eigenvalue weighted by Gasteiger charge is 2.20. The molecule has 1 amide bonds. The molecule has 0 aliphatic rings. The number of hydrogen-bond donors (Lipinski definition) is 1. The first-order valence-electron chi connectivity index (χ1n) is 8.05. The van der Waals surface area contributed by atoms with Gasteiger partial charge in [-0.3, -0.25) is 14.9 Å². The Balaban J connectivity index is 1.91. The number of rotatable bonds is 8. The van der Waals surface area contributed by atoms with Crippen LogP contribution >= 0.6 is 11.6 Å². The second-order valence-corrected chi connectivity index (χ2v) is 5.88. The third-order valence-corrected chi connectivity index (χ3v) is 4.03. The minimum Gasteiger partial charge on any atom is -0.372 e. The number of carbonyl (C=O) groups excluding carboxylic acids is 1. The summed E-state index contributed by atoms with van der Waals surface area (Å²) < 4.78 is 0. The predicted octanol–water partition coefficient (Wildman–Crippen LogP) is 3.89. The lowest BCUT2D eigenvalue weighted by atomic mass is 10.1. The molecule has 2 aromatic carbocycles. The molecule has 0 bridgehead atoms. The average Bonchev–Trinajstić information content (AvgIpc) is 2.62. The lowest BCUT2D eigenvalue weighted by Crippen LogP contribution is -2.30. The highest BCUT2D eigenvalue weighted by atomic mass is 35.5. The Kier molecular flexibility index (Phi) is 6.77. The van der Waals surface area contributed by atoms with Crippen LogP contribution in [-0.2, 0) is 0 Å². The third-order valence-electron chi connectivity index (χ3n) is 3.79. The van der Waals surface area contributed by atoms with Crippen LogP contribution in [0.2, 0.25) is 5.02 Å². The lowest BCUT2D eigenvalue weighted by molar-refractivity contribution is -0.385. The Morgan fingerprint density at radius 3 is 2.60 bits per heavy atom. The van der Waals surface area contributed by atoms with Crippen LogP contribution in [0.4, 0.5) is 11.4 Å². The van der Waals surface area contributed by atoms with E-state index in [1.807, 2.05) is 30.3 Å². The summed E-state index contributed by atoms with van der Waals surface area (Å²) in [5.74, 6) is -0.489. The first-order chi connectivity index (χ1) is 12.0. The standard InChI is InChI=1S/C18H20ClN3O3/c1-2-21(15-7-4-3-5-8-15)12-6-11-20-18(23)16-13-14(19)9-10-17(16)22(24)25/h3-5,7-10,13H,2,6,11-12H2,1H3,(H,20,23). The molecule has 0 unspecified atom stereocenters.